The van der Waals surface area contributed by atoms with E-state index in [1.54, 1.807) is 6.92 Å². The Morgan fingerprint density at radius 3 is 2.48 bits per heavy atom. The van der Waals surface area contributed by atoms with Crippen LogP contribution in [0.5, 0.6) is 0 Å². The fraction of sp³-hybridized carbons (Fsp3) is 0.696. The number of esters is 1. The van der Waals surface area contributed by atoms with Crippen LogP contribution in [0.1, 0.15) is 82.8 Å². The summed E-state index contributed by atoms with van der Waals surface area (Å²) >= 11 is 0. The van der Waals surface area contributed by atoms with E-state index in [1.807, 2.05) is 0 Å². The quantitative estimate of drug-likeness (QED) is 0.372. The molecule has 6 heteroatoms. The predicted octanol–water partition coefficient (Wildman–Crippen LogP) is 5.07. The first kappa shape index (κ1) is 23.7. The Morgan fingerprint density at radius 1 is 1.10 bits per heavy atom. The molecule has 4 nitrogen and oxygen atoms in total. The topological polar surface area (TPSA) is 66.8 Å². The smallest absolute Gasteiger partial charge is 0.305 e. The van der Waals surface area contributed by atoms with Gasteiger partial charge < -0.3 is 14.9 Å². The van der Waals surface area contributed by atoms with Crippen molar-refractivity contribution < 1.29 is 28.5 Å². The van der Waals surface area contributed by atoms with E-state index in [2.05, 4.69) is 0 Å². The molecule has 29 heavy (non-hydrogen) atoms. The molecule has 2 unspecified atom stereocenters. The molecule has 4 atom stereocenters. The van der Waals surface area contributed by atoms with Crippen LogP contribution < -0.4 is 0 Å². The minimum absolute atomic E-state index is 0.143. The maximum atomic E-state index is 13.3. The van der Waals surface area contributed by atoms with Crippen molar-refractivity contribution in [3.63, 3.8) is 0 Å². The molecule has 1 fully saturated rings. The van der Waals surface area contributed by atoms with Crippen LogP contribution in [0, 0.1) is 23.5 Å². The molecule has 0 heterocycles. The fourth-order valence-electron chi connectivity index (χ4n) is 4.46. The highest BCUT2D eigenvalue weighted by molar-refractivity contribution is 5.69. The summed E-state index contributed by atoms with van der Waals surface area (Å²) in [7, 11) is 0. The Bertz CT molecular complexity index is 617. The summed E-state index contributed by atoms with van der Waals surface area (Å²) in [4.78, 5) is 11.3. The summed E-state index contributed by atoms with van der Waals surface area (Å²) in [5.41, 5.74) is 0.263. The summed E-state index contributed by atoms with van der Waals surface area (Å²) in [6.07, 6.45) is 6.81. The number of benzene rings is 1. The monoisotopic (exact) mass is 412 g/mol. The fourth-order valence-corrected chi connectivity index (χ4v) is 4.46. The highest BCUT2D eigenvalue weighted by atomic mass is 19.1. The minimum Gasteiger partial charge on any atom is -0.466 e. The lowest BCUT2D eigenvalue weighted by Crippen LogP contribution is -2.19. The van der Waals surface area contributed by atoms with Gasteiger partial charge in [0.15, 0.2) is 0 Å². The first-order chi connectivity index (χ1) is 13.9. The van der Waals surface area contributed by atoms with Crippen LogP contribution in [-0.4, -0.2) is 28.9 Å². The lowest BCUT2D eigenvalue weighted by molar-refractivity contribution is -0.143. The third-order valence-corrected chi connectivity index (χ3v) is 5.99. The Morgan fingerprint density at radius 2 is 1.79 bits per heavy atom. The molecule has 0 radical (unpaired) electrons. The van der Waals surface area contributed by atoms with Crippen LogP contribution in [-0.2, 0) is 9.53 Å². The van der Waals surface area contributed by atoms with E-state index in [4.69, 9.17) is 4.74 Å². The summed E-state index contributed by atoms with van der Waals surface area (Å²) in [6.45, 7) is 2.22. The standard InChI is InChI=1S/C23H34F2O4/c1-2-29-23(28)8-6-4-3-5-7-20-16(10-12-22(20)27)9-11-21(26)17-13-18(24)15-19(25)14-17/h13-16,20-22,26-27H,2-12H2,1H3/t16?,20-,21?,22+/m1/s1. The number of rotatable bonds is 12. The first-order valence-corrected chi connectivity index (χ1v) is 10.9. The van der Waals surface area contributed by atoms with Gasteiger partial charge in [-0.3, -0.25) is 4.79 Å². The predicted molar refractivity (Wildman–Crippen MR) is 107 cm³/mol. The van der Waals surface area contributed by atoms with Gasteiger partial charge in [-0.15, -0.1) is 0 Å². The van der Waals surface area contributed by atoms with Gasteiger partial charge >= 0.3 is 5.97 Å². The maximum Gasteiger partial charge on any atom is 0.305 e. The number of hydrogen-bond acceptors (Lipinski definition) is 4. The molecular formula is C23H34F2O4. The summed E-state index contributed by atoms with van der Waals surface area (Å²) in [5, 5.41) is 20.6. The largest absolute Gasteiger partial charge is 0.466 e. The van der Waals surface area contributed by atoms with Crippen LogP contribution in [0.25, 0.3) is 0 Å². The molecule has 0 spiro atoms. The molecule has 0 bridgehead atoms. The Hall–Kier alpha value is -1.53. The van der Waals surface area contributed by atoms with E-state index in [0.717, 1.165) is 57.4 Å². The number of aliphatic hydroxyl groups excluding tert-OH is 2. The van der Waals surface area contributed by atoms with Crippen molar-refractivity contribution in [2.45, 2.75) is 83.3 Å². The van der Waals surface area contributed by atoms with Crippen molar-refractivity contribution in [2.75, 3.05) is 6.61 Å². The molecule has 1 aliphatic carbocycles. The average Bonchev–Trinajstić information content (AvgIpc) is 3.01. The zero-order valence-electron chi connectivity index (χ0n) is 17.3. The number of halogens is 2. The molecule has 0 amide bonds. The van der Waals surface area contributed by atoms with Crippen molar-refractivity contribution in [1.29, 1.82) is 0 Å². The molecular weight excluding hydrogens is 378 g/mol. The number of carbonyl (C=O) groups excluding carboxylic acids is 1. The van der Waals surface area contributed by atoms with Gasteiger partial charge in [-0.2, -0.15) is 0 Å². The molecule has 0 saturated heterocycles. The van der Waals surface area contributed by atoms with Crippen molar-refractivity contribution in [1.82, 2.24) is 0 Å². The third kappa shape index (κ3) is 8.01. The van der Waals surface area contributed by atoms with E-state index < -0.39 is 17.7 Å². The second-order valence-corrected chi connectivity index (χ2v) is 8.12. The number of carbonyl (C=O) groups is 1. The lowest BCUT2D eigenvalue weighted by atomic mass is 9.85. The molecule has 2 N–H and O–H groups in total. The zero-order chi connectivity index (χ0) is 21.2. The van der Waals surface area contributed by atoms with E-state index in [-0.39, 0.29) is 23.6 Å². The normalized spacial score (nSPS) is 22.6. The van der Waals surface area contributed by atoms with E-state index in [0.29, 0.717) is 25.4 Å². The van der Waals surface area contributed by atoms with E-state index in [1.165, 1.54) is 12.1 Å². The van der Waals surface area contributed by atoms with Gasteiger partial charge in [0.2, 0.25) is 0 Å². The van der Waals surface area contributed by atoms with Crippen molar-refractivity contribution in [3.8, 4) is 0 Å². The summed E-state index contributed by atoms with van der Waals surface area (Å²) in [5.74, 6) is -0.989. The van der Waals surface area contributed by atoms with Gasteiger partial charge in [0.1, 0.15) is 11.6 Å². The molecule has 0 aromatic heterocycles. The van der Waals surface area contributed by atoms with Crippen LogP contribution in [0.3, 0.4) is 0 Å². The highest BCUT2D eigenvalue weighted by Crippen LogP contribution is 2.39. The maximum absolute atomic E-state index is 13.3. The molecule has 0 aliphatic heterocycles. The molecule has 1 saturated carbocycles. The average molecular weight is 413 g/mol. The van der Waals surface area contributed by atoms with Gasteiger partial charge in [-0.05, 0) is 75.0 Å². The van der Waals surface area contributed by atoms with E-state index >= 15 is 0 Å². The second kappa shape index (κ2) is 12.2. The molecule has 1 aliphatic rings. The first-order valence-electron chi connectivity index (χ1n) is 10.9. The Labute approximate surface area is 172 Å². The summed E-state index contributed by atoms with van der Waals surface area (Å²) < 4.78 is 31.6. The molecule has 2 rings (SSSR count). The number of hydrogen-bond donors (Lipinski definition) is 2. The van der Waals surface area contributed by atoms with Crippen LogP contribution in [0.15, 0.2) is 18.2 Å². The van der Waals surface area contributed by atoms with Crippen LogP contribution in [0.4, 0.5) is 8.78 Å². The van der Waals surface area contributed by atoms with Gasteiger partial charge in [-0.25, -0.2) is 8.78 Å². The number of ether oxygens (including phenoxy) is 1. The number of aliphatic hydroxyl groups is 2. The minimum atomic E-state index is -0.901. The molecule has 164 valence electrons. The highest BCUT2D eigenvalue weighted by Gasteiger charge is 2.34. The summed E-state index contributed by atoms with van der Waals surface area (Å²) in [6, 6.07) is 3.14. The van der Waals surface area contributed by atoms with Gasteiger partial charge in [-0.1, -0.05) is 19.3 Å². The van der Waals surface area contributed by atoms with Crippen molar-refractivity contribution in [3.05, 3.63) is 35.4 Å². The molecule has 1 aromatic rings. The van der Waals surface area contributed by atoms with Crippen molar-refractivity contribution in [2.24, 2.45) is 11.8 Å². The Balaban J connectivity index is 1.71. The zero-order valence-corrected chi connectivity index (χ0v) is 17.3. The lowest BCUT2D eigenvalue weighted by Gasteiger charge is -2.23. The number of unbranched alkanes of at least 4 members (excludes halogenated alkanes) is 3. The SMILES string of the molecule is CCOC(=O)CCCCCC[C@@H]1C(CCC(O)c2cc(F)cc(F)c2)CC[C@@H]1O. The van der Waals surface area contributed by atoms with Gasteiger partial charge in [0.05, 0.1) is 18.8 Å². The third-order valence-electron chi connectivity index (χ3n) is 5.99. The van der Waals surface area contributed by atoms with Gasteiger partial charge in [0.25, 0.3) is 0 Å². The second-order valence-electron chi connectivity index (χ2n) is 8.12. The van der Waals surface area contributed by atoms with Crippen LogP contribution >= 0.6 is 0 Å². The van der Waals surface area contributed by atoms with Crippen molar-refractivity contribution >= 4 is 5.97 Å². The van der Waals surface area contributed by atoms with Crippen LogP contribution in [0.2, 0.25) is 0 Å². The Kier molecular flexibility index (Phi) is 10.0. The van der Waals surface area contributed by atoms with Gasteiger partial charge in [0, 0.05) is 12.5 Å². The van der Waals surface area contributed by atoms with E-state index in [9.17, 15) is 23.8 Å². The molecule has 1 aromatic carbocycles.